The van der Waals surface area contributed by atoms with Gasteiger partial charge in [-0.2, -0.15) is 15.5 Å². The van der Waals surface area contributed by atoms with E-state index in [1.165, 1.54) is 6.20 Å². The smallest absolute Gasteiger partial charge is 0.337 e. The zero-order valence-electron chi connectivity index (χ0n) is 14.0. The van der Waals surface area contributed by atoms with Gasteiger partial charge in [0.05, 0.1) is 45.9 Å². The molecule has 8 heteroatoms. The number of aromatic nitrogens is 4. The van der Waals surface area contributed by atoms with Crippen LogP contribution in [0, 0.1) is 25.2 Å². The van der Waals surface area contributed by atoms with Gasteiger partial charge in [0.2, 0.25) is 0 Å². The molecule has 0 atom stereocenters. The maximum atomic E-state index is 11.6. The SMILES string of the molecule is Cc1c(C(=O)O)c(C)n2ncc(C#N)c(Nc3ccc4cn[nH]c4c3)c12. The van der Waals surface area contributed by atoms with E-state index in [1.54, 1.807) is 24.6 Å². The summed E-state index contributed by atoms with van der Waals surface area (Å²) in [7, 11) is 0. The molecule has 0 aliphatic rings. The predicted octanol–water partition coefficient (Wildman–Crippen LogP) is 3.14. The van der Waals surface area contributed by atoms with Crippen molar-refractivity contribution in [2.75, 3.05) is 5.32 Å². The Morgan fingerprint density at radius 2 is 2.15 bits per heavy atom. The fourth-order valence-electron chi connectivity index (χ4n) is 3.25. The fraction of sp³-hybridized carbons (Fsp3) is 0.111. The summed E-state index contributed by atoms with van der Waals surface area (Å²) in [6, 6.07) is 7.78. The van der Waals surface area contributed by atoms with Crippen molar-refractivity contribution in [2.45, 2.75) is 13.8 Å². The summed E-state index contributed by atoms with van der Waals surface area (Å²) < 4.78 is 1.55. The summed E-state index contributed by atoms with van der Waals surface area (Å²) in [5, 5.41) is 34.4. The number of aromatic carboxylic acids is 1. The van der Waals surface area contributed by atoms with Gasteiger partial charge in [0.15, 0.2) is 0 Å². The highest BCUT2D eigenvalue weighted by atomic mass is 16.4. The number of fused-ring (bicyclic) bond motifs is 2. The van der Waals surface area contributed by atoms with Crippen molar-refractivity contribution in [3.8, 4) is 6.07 Å². The van der Waals surface area contributed by atoms with Gasteiger partial charge in [-0.15, -0.1) is 0 Å². The van der Waals surface area contributed by atoms with Gasteiger partial charge in [-0.3, -0.25) is 5.10 Å². The second-order valence-corrected chi connectivity index (χ2v) is 5.99. The van der Waals surface area contributed by atoms with Crippen LogP contribution < -0.4 is 5.32 Å². The summed E-state index contributed by atoms with van der Waals surface area (Å²) in [5.41, 5.74) is 4.30. The lowest BCUT2D eigenvalue weighted by molar-refractivity contribution is 0.0695. The highest BCUT2D eigenvalue weighted by Crippen LogP contribution is 2.32. The predicted molar refractivity (Wildman–Crippen MR) is 95.7 cm³/mol. The Balaban J connectivity index is 1.96. The Labute approximate surface area is 147 Å². The molecular weight excluding hydrogens is 332 g/mol. The van der Waals surface area contributed by atoms with E-state index in [0.717, 1.165) is 16.6 Å². The van der Waals surface area contributed by atoms with Crippen LogP contribution in [0.5, 0.6) is 0 Å². The highest BCUT2D eigenvalue weighted by Gasteiger charge is 2.22. The molecule has 0 bridgehead atoms. The standard InChI is InChI=1S/C18H14N6O2/c1-9-15(18(25)26)10(2)24-17(9)16(12(6-19)8-21-24)22-13-4-3-11-7-20-23-14(11)5-13/h3-5,7-8,22H,1-2H3,(H,20,23)(H,25,26). The van der Waals surface area contributed by atoms with Crippen LogP contribution in [0.15, 0.2) is 30.6 Å². The maximum absolute atomic E-state index is 11.6. The molecule has 0 fully saturated rings. The Hall–Kier alpha value is -3.86. The van der Waals surface area contributed by atoms with E-state index in [2.05, 4.69) is 26.7 Å². The Bertz CT molecular complexity index is 1230. The quantitative estimate of drug-likeness (QED) is 0.524. The van der Waals surface area contributed by atoms with Gasteiger partial charge in [0.25, 0.3) is 0 Å². The molecule has 26 heavy (non-hydrogen) atoms. The number of anilines is 2. The third-order valence-corrected chi connectivity index (χ3v) is 4.48. The molecule has 0 amide bonds. The number of hydrogen-bond donors (Lipinski definition) is 3. The van der Waals surface area contributed by atoms with Gasteiger partial charge in [-0.05, 0) is 37.6 Å². The molecule has 8 nitrogen and oxygen atoms in total. The van der Waals surface area contributed by atoms with E-state index >= 15 is 0 Å². The van der Waals surface area contributed by atoms with Crippen molar-refractivity contribution in [1.29, 1.82) is 5.26 Å². The van der Waals surface area contributed by atoms with Crippen molar-refractivity contribution in [1.82, 2.24) is 19.8 Å². The molecule has 4 aromatic rings. The number of carbonyl (C=O) groups is 1. The van der Waals surface area contributed by atoms with Gasteiger partial charge in [0, 0.05) is 11.1 Å². The monoisotopic (exact) mass is 346 g/mol. The highest BCUT2D eigenvalue weighted by molar-refractivity contribution is 5.97. The van der Waals surface area contributed by atoms with Gasteiger partial charge in [0.1, 0.15) is 6.07 Å². The molecular formula is C18H14N6O2. The summed E-state index contributed by atoms with van der Waals surface area (Å²) in [5.74, 6) is -1.02. The Morgan fingerprint density at radius 1 is 1.35 bits per heavy atom. The van der Waals surface area contributed by atoms with Crippen molar-refractivity contribution in [3.63, 3.8) is 0 Å². The third-order valence-electron chi connectivity index (χ3n) is 4.48. The van der Waals surface area contributed by atoms with E-state index in [4.69, 9.17) is 0 Å². The first-order valence-electron chi connectivity index (χ1n) is 7.85. The van der Waals surface area contributed by atoms with E-state index in [-0.39, 0.29) is 5.56 Å². The number of nitrogens with zero attached hydrogens (tertiary/aromatic N) is 4. The Kier molecular flexibility index (Phi) is 3.37. The molecule has 3 heterocycles. The minimum Gasteiger partial charge on any atom is -0.478 e. The Morgan fingerprint density at radius 3 is 2.88 bits per heavy atom. The van der Waals surface area contributed by atoms with Gasteiger partial charge >= 0.3 is 5.97 Å². The topological polar surface area (TPSA) is 119 Å². The number of aromatic amines is 1. The normalized spacial score (nSPS) is 11.0. The average molecular weight is 346 g/mol. The molecule has 128 valence electrons. The number of hydrogen-bond acceptors (Lipinski definition) is 5. The van der Waals surface area contributed by atoms with Gasteiger partial charge in [-0.1, -0.05) is 0 Å². The largest absolute Gasteiger partial charge is 0.478 e. The fourth-order valence-corrected chi connectivity index (χ4v) is 3.25. The van der Waals surface area contributed by atoms with E-state index in [0.29, 0.717) is 28.0 Å². The number of H-pyrrole nitrogens is 1. The molecule has 4 rings (SSSR count). The van der Waals surface area contributed by atoms with Crippen molar-refractivity contribution >= 4 is 33.8 Å². The molecule has 0 saturated heterocycles. The van der Waals surface area contributed by atoms with Crippen molar-refractivity contribution < 1.29 is 9.90 Å². The molecule has 0 aliphatic heterocycles. The lowest BCUT2D eigenvalue weighted by atomic mass is 10.1. The second kappa shape index (κ2) is 5.60. The average Bonchev–Trinajstić information content (AvgIpc) is 3.17. The zero-order chi connectivity index (χ0) is 18.4. The van der Waals surface area contributed by atoms with Crippen LogP contribution in [0.4, 0.5) is 11.4 Å². The third kappa shape index (κ3) is 2.18. The molecule has 0 spiro atoms. The molecule has 0 radical (unpaired) electrons. The van der Waals surface area contributed by atoms with E-state index in [9.17, 15) is 15.2 Å². The number of carboxylic acids is 1. The van der Waals surface area contributed by atoms with Gasteiger partial charge in [-0.25, -0.2) is 9.31 Å². The zero-order valence-corrected chi connectivity index (χ0v) is 14.0. The van der Waals surface area contributed by atoms with Crippen LogP contribution in [-0.2, 0) is 0 Å². The molecule has 0 aliphatic carbocycles. The first kappa shape index (κ1) is 15.7. The van der Waals surface area contributed by atoms with Crippen LogP contribution in [0.25, 0.3) is 16.4 Å². The lowest BCUT2D eigenvalue weighted by Gasteiger charge is -2.11. The number of benzene rings is 1. The molecule has 1 aromatic carbocycles. The first-order valence-corrected chi connectivity index (χ1v) is 7.85. The van der Waals surface area contributed by atoms with Crippen LogP contribution in [0.2, 0.25) is 0 Å². The van der Waals surface area contributed by atoms with Crippen LogP contribution in [-0.4, -0.2) is 30.9 Å². The minimum atomic E-state index is -1.02. The number of rotatable bonds is 3. The van der Waals surface area contributed by atoms with Crippen LogP contribution in [0.1, 0.15) is 27.2 Å². The van der Waals surface area contributed by atoms with Gasteiger partial charge < -0.3 is 10.4 Å². The van der Waals surface area contributed by atoms with Crippen molar-refractivity contribution in [2.24, 2.45) is 0 Å². The molecule has 3 aromatic heterocycles. The van der Waals surface area contributed by atoms with Crippen molar-refractivity contribution in [3.05, 3.63) is 53.0 Å². The molecule has 3 N–H and O–H groups in total. The first-order chi connectivity index (χ1) is 12.5. The number of carboxylic acid groups (broad SMARTS) is 1. The summed E-state index contributed by atoms with van der Waals surface area (Å²) in [6.07, 6.45) is 3.16. The van der Waals surface area contributed by atoms with E-state index in [1.807, 2.05) is 18.2 Å². The second-order valence-electron chi connectivity index (χ2n) is 5.99. The lowest BCUT2D eigenvalue weighted by Crippen LogP contribution is -2.02. The summed E-state index contributed by atoms with van der Waals surface area (Å²) in [4.78, 5) is 11.6. The molecule has 0 saturated carbocycles. The van der Waals surface area contributed by atoms with Crippen LogP contribution >= 0.6 is 0 Å². The number of aryl methyl sites for hydroxylation is 2. The number of nitriles is 1. The minimum absolute atomic E-state index is 0.194. The van der Waals surface area contributed by atoms with E-state index < -0.39 is 5.97 Å². The molecule has 0 unspecified atom stereocenters. The summed E-state index contributed by atoms with van der Waals surface area (Å²) in [6.45, 7) is 3.42. The van der Waals surface area contributed by atoms with Crippen LogP contribution in [0.3, 0.4) is 0 Å². The maximum Gasteiger partial charge on any atom is 0.337 e. The summed E-state index contributed by atoms with van der Waals surface area (Å²) >= 11 is 0. The number of nitrogens with one attached hydrogen (secondary N) is 2.